The van der Waals surface area contributed by atoms with E-state index in [2.05, 4.69) is 21.7 Å². The van der Waals surface area contributed by atoms with E-state index >= 15 is 0 Å². The average molecular weight is 191 g/mol. The summed E-state index contributed by atoms with van der Waals surface area (Å²) in [7, 11) is 2.74. The van der Waals surface area contributed by atoms with Gasteiger partial charge in [0.25, 0.3) is 0 Å². The molecule has 13 heavy (non-hydrogen) atoms. The first kappa shape index (κ1) is 8.39. The van der Waals surface area contributed by atoms with Crippen molar-refractivity contribution < 1.29 is 0 Å². The molecule has 2 aromatic rings. The van der Waals surface area contributed by atoms with E-state index in [0.29, 0.717) is 0 Å². The van der Waals surface area contributed by atoms with Gasteiger partial charge in [-0.3, -0.25) is 0 Å². The van der Waals surface area contributed by atoms with Crippen LogP contribution in [0.5, 0.6) is 0 Å². The Kier molecular flexibility index (Phi) is 2.37. The molecule has 0 N–H and O–H groups in total. The molecule has 0 fully saturated rings. The molecule has 2 rings (SSSR count). The molecule has 1 heterocycles. The van der Waals surface area contributed by atoms with E-state index in [4.69, 9.17) is 0 Å². The Hall–Kier alpha value is -1.21. The molecule has 0 aliphatic carbocycles. The SMILES string of the molecule is Cn1npnc1Cc1ccccc1. The Balaban J connectivity index is 2.20. The Bertz CT molecular complexity index is 383. The molecule has 1 aromatic carbocycles. The van der Waals surface area contributed by atoms with Crippen LogP contribution in [0.3, 0.4) is 0 Å². The molecular formula is C9H10N3P. The second-order valence-corrected chi connectivity index (χ2v) is 3.44. The maximum Gasteiger partial charge on any atom is 0.177 e. The molecule has 0 aliphatic heterocycles. The van der Waals surface area contributed by atoms with Gasteiger partial charge in [0.2, 0.25) is 0 Å². The van der Waals surface area contributed by atoms with E-state index in [0.717, 1.165) is 20.8 Å². The van der Waals surface area contributed by atoms with Crippen LogP contribution in [0.4, 0.5) is 0 Å². The lowest BCUT2D eigenvalue weighted by molar-refractivity contribution is 0.725. The van der Waals surface area contributed by atoms with Crippen molar-refractivity contribution in [1.29, 1.82) is 0 Å². The molecule has 0 bridgehead atoms. The van der Waals surface area contributed by atoms with Crippen LogP contribution in [-0.4, -0.2) is 14.3 Å². The van der Waals surface area contributed by atoms with Crippen molar-refractivity contribution >= 4 is 8.51 Å². The molecule has 0 saturated heterocycles. The number of benzene rings is 1. The number of aromatic nitrogens is 3. The highest BCUT2D eigenvalue weighted by atomic mass is 31.1. The molecule has 0 radical (unpaired) electrons. The number of hydrogen-bond acceptors (Lipinski definition) is 2. The third kappa shape index (κ3) is 1.93. The number of rotatable bonds is 2. The Morgan fingerprint density at radius 3 is 2.69 bits per heavy atom. The minimum atomic E-state index is 0.804. The molecule has 0 spiro atoms. The standard InChI is InChI=1S/C9H10N3P/c1-12-9(10-13-11-12)7-8-5-3-2-4-6-8/h2-6H,7H2,1H3. The summed E-state index contributed by atoms with van der Waals surface area (Å²) < 4.78 is 6.10. The fraction of sp³-hybridized carbons (Fsp3) is 0.222. The largest absolute Gasteiger partial charge is 0.249 e. The van der Waals surface area contributed by atoms with Crippen LogP contribution in [0.2, 0.25) is 0 Å². The van der Waals surface area contributed by atoms with Gasteiger partial charge in [-0.25, -0.2) is 4.68 Å². The van der Waals surface area contributed by atoms with Gasteiger partial charge in [-0.2, -0.15) is 4.75 Å². The summed E-state index contributed by atoms with van der Waals surface area (Å²) in [5.41, 5.74) is 1.28. The smallest absolute Gasteiger partial charge is 0.177 e. The second-order valence-electron chi connectivity index (χ2n) is 2.88. The predicted molar refractivity (Wildman–Crippen MR) is 52.8 cm³/mol. The van der Waals surface area contributed by atoms with Gasteiger partial charge in [0, 0.05) is 13.5 Å². The lowest BCUT2D eigenvalue weighted by Crippen LogP contribution is -2.00. The van der Waals surface area contributed by atoms with E-state index in [-0.39, 0.29) is 0 Å². The third-order valence-corrected chi connectivity index (χ3v) is 2.58. The molecule has 0 aliphatic rings. The van der Waals surface area contributed by atoms with Crippen molar-refractivity contribution in [3.8, 4) is 0 Å². The van der Waals surface area contributed by atoms with Gasteiger partial charge in [0.1, 0.15) is 5.82 Å². The van der Waals surface area contributed by atoms with Crippen LogP contribution >= 0.6 is 8.51 Å². The number of hydrogen-bond donors (Lipinski definition) is 0. The molecule has 4 heteroatoms. The zero-order valence-electron chi connectivity index (χ0n) is 7.38. The van der Waals surface area contributed by atoms with Gasteiger partial charge >= 0.3 is 0 Å². The van der Waals surface area contributed by atoms with Crippen LogP contribution in [0.25, 0.3) is 0 Å². The molecule has 0 amide bonds. The van der Waals surface area contributed by atoms with Crippen molar-refractivity contribution in [2.75, 3.05) is 0 Å². The first-order valence-corrected chi connectivity index (χ1v) is 4.91. The van der Waals surface area contributed by atoms with Crippen molar-refractivity contribution in [3.63, 3.8) is 0 Å². The van der Waals surface area contributed by atoms with Gasteiger partial charge in [-0.05, 0) is 5.56 Å². The number of nitrogens with zero attached hydrogens (tertiary/aromatic N) is 3. The summed E-state index contributed by atoms with van der Waals surface area (Å²) in [6, 6.07) is 10.3. The van der Waals surface area contributed by atoms with Gasteiger partial charge in [-0.1, -0.05) is 30.3 Å². The summed E-state index contributed by atoms with van der Waals surface area (Å²) in [6.45, 7) is 0. The van der Waals surface area contributed by atoms with E-state index in [9.17, 15) is 0 Å². The zero-order chi connectivity index (χ0) is 9.10. The van der Waals surface area contributed by atoms with Crippen LogP contribution in [0.1, 0.15) is 11.4 Å². The quantitative estimate of drug-likeness (QED) is 0.726. The van der Waals surface area contributed by atoms with Crippen LogP contribution in [0, 0.1) is 0 Å². The van der Waals surface area contributed by atoms with Crippen molar-refractivity contribution in [2.24, 2.45) is 7.05 Å². The minimum absolute atomic E-state index is 0.804. The van der Waals surface area contributed by atoms with Crippen LogP contribution in [0.15, 0.2) is 30.3 Å². The monoisotopic (exact) mass is 191 g/mol. The summed E-state index contributed by atoms with van der Waals surface area (Å²) >= 11 is 0. The molecule has 3 nitrogen and oxygen atoms in total. The highest BCUT2D eigenvalue weighted by Crippen LogP contribution is 2.07. The van der Waals surface area contributed by atoms with E-state index < -0.39 is 0 Å². The summed E-state index contributed by atoms with van der Waals surface area (Å²) in [6.07, 6.45) is 0.869. The van der Waals surface area contributed by atoms with E-state index in [1.165, 1.54) is 5.56 Å². The molecule has 66 valence electrons. The van der Waals surface area contributed by atoms with Crippen molar-refractivity contribution in [3.05, 3.63) is 41.7 Å². The maximum atomic E-state index is 4.26. The summed E-state index contributed by atoms with van der Waals surface area (Å²) in [4.78, 5) is 4.12. The normalized spacial score (nSPS) is 10.8. The van der Waals surface area contributed by atoms with Gasteiger partial charge in [0.15, 0.2) is 8.51 Å². The number of aryl methyl sites for hydroxylation is 1. The zero-order valence-corrected chi connectivity index (χ0v) is 8.28. The molecule has 0 unspecified atom stereocenters. The Morgan fingerprint density at radius 1 is 1.31 bits per heavy atom. The molecule has 0 saturated carbocycles. The van der Waals surface area contributed by atoms with Crippen molar-refractivity contribution in [2.45, 2.75) is 6.42 Å². The predicted octanol–water partition coefficient (Wildman–Crippen LogP) is 1.99. The first-order valence-electron chi connectivity index (χ1n) is 4.11. The van der Waals surface area contributed by atoms with E-state index in [1.807, 2.05) is 29.9 Å². The van der Waals surface area contributed by atoms with Gasteiger partial charge in [-0.15, -0.1) is 4.86 Å². The lowest BCUT2D eigenvalue weighted by atomic mass is 10.1. The Morgan fingerprint density at radius 2 is 2.08 bits per heavy atom. The molecule has 0 atom stereocenters. The fourth-order valence-electron chi connectivity index (χ4n) is 1.18. The first-order chi connectivity index (χ1) is 6.36. The van der Waals surface area contributed by atoms with Crippen molar-refractivity contribution in [1.82, 2.24) is 14.3 Å². The fourth-order valence-corrected chi connectivity index (χ4v) is 1.74. The Labute approximate surface area is 78.7 Å². The summed E-state index contributed by atoms with van der Waals surface area (Å²) in [5, 5.41) is 0. The summed E-state index contributed by atoms with van der Waals surface area (Å²) in [5.74, 6) is 1.04. The lowest BCUT2D eigenvalue weighted by Gasteiger charge is -1.99. The highest BCUT2D eigenvalue weighted by Gasteiger charge is 2.01. The topological polar surface area (TPSA) is 30.7 Å². The van der Waals surface area contributed by atoms with Gasteiger partial charge in [0.05, 0.1) is 0 Å². The molecular weight excluding hydrogens is 181 g/mol. The second kappa shape index (κ2) is 3.67. The maximum absolute atomic E-state index is 4.26. The minimum Gasteiger partial charge on any atom is -0.249 e. The van der Waals surface area contributed by atoms with Crippen LogP contribution < -0.4 is 0 Å². The molecule has 1 aromatic heterocycles. The third-order valence-electron chi connectivity index (χ3n) is 1.91. The van der Waals surface area contributed by atoms with E-state index in [1.54, 1.807) is 0 Å². The van der Waals surface area contributed by atoms with Gasteiger partial charge < -0.3 is 0 Å². The highest BCUT2D eigenvalue weighted by molar-refractivity contribution is 7.20. The average Bonchev–Trinajstić information content (AvgIpc) is 2.54. The van der Waals surface area contributed by atoms with Crippen LogP contribution in [-0.2, 0) is 13.5 Å².